The Morgan fingerprint density at radius 2 is 1.07 bits per heavy atom. The molecule has 0 aliphatic heterocycles. The average Bonchev–Trinajstić information content (AvgIpc) is 2.91. The molecule has 0 aliphatic rings. The van der Waals surface area contributed by atoms with Gasteiger partial charge in [-0.15, -0.1) is 0 Å². The molecule has 0 saturated carbocycles. The molecule has 0 aromatic heterocycles. The van der Waals surface area contributed by atoms with Crippen LogP contribution in [0.3, 0.4) is 0 Å². The Labute approximate surface area is 229 Å². The summed E-state index contributed by atoms with van der Waals surface area (Å²) >= 11 is 0. The first-order valence-corrected chi connectivity index (χ1v) is 12.7. The number of hydrogen-bond donors (Lipinski definition) is 0. The zero-order chi connectivity index (χ0) is 28.8. The fourth-order valence-corrected chi connectivity index (χ4v) is 4.65. The van der Waals surface area contributed by atoms with Crippen LogP contribution in [0.25, 0.3) is 10.8 Å². The van der Waals surface area contributed by atoms with Gasteiger partial charge in [-0.1, -0.05) is 36.4 Å². The highest BCUT2D eigenvalue weighted by Crippen LogP contribution is 2.36. The summed E-state index contributed by atoms with van der Waals surface area (Å²) < 4.78 is 63.4. The predicted octanol–water partition coefficient (Wildman–Crippen LogP) is 6.56. The molecule has 0 atom stereocenters. The summed E-state index contributed by atoms with van der Waals surface area (Å²) in [6.07, 6.45) is 0. The zero-order valence-corrected chi connectivity index (χ0v) is 22.1. The number of nitrogens with zero attached hydrogens (tertiary/aromatic N) is 2. The van der Waals surface area contributed by atoms with Crippen molar-refractivity contribution in [1.29, 1.82) is 0 Å². The van der Waals surface area contributed by atoms with E-state index in [9.17, 15) is 27.2 Å². The van der Waals surface area contributed by atoms with Crippen molar-refractivity contribution in [2.75, 3.05) is 29.5 Å². The maximum atomic E-state index is 14.6. The molecule has 0 amide bonds. The van der Waals surface area contributed by atoms with E-state index in [0.29, 0.717) is 22.1 Å². The fourth-order valence-electron chi connectivity index (χ4n) is 4.65. The first-order valence-electron chi connectivity index (χ1n) is 12.7. The normalized spacial score (nSPS) is 10.9. The smallest absolute Gasteiger partial charge is 0.325 e. The van der Waals surface area contributed by atoms with Crippen molar-refractivity contribution >= 4 is 33.9 Å². The van der Waals surface area contributed by atoms with Gasteiger partial charge < -0.3 is 14.5 Å². The van der Waals surface area contributed by atoms with E-state index in [1.807, 2.05) is 0 Å². The predicted molar refractivity (Wildman–Crippen MR) is 146 cm³/mol. The lowest BCUT2D eigenvalue weighted by Gasteiger charge is -2.29. The van der Waals surface area contributed by atoms with Crippen molar-refractivity contribution in [3.05, 3.63) is 107 Å². The SMILES string of the molecule is CCOC(=O)CN(Cc1c(F)cccc1F)c1ccc(N(CC(C)=O)Cc2c(F)cccc2F)c2ccccc12. The Kier molecular flexibility index (Phi) is 9.04. The molecule has 4 rings (SSSR count). The number of Topliss-reactive ketones (excluding diaryl/α,β-unsaturated/α-hetero) is 1. The van der Waals surface area contributed by atoms with Gasteiger partial charge in [0.2, 0.25) is 0 Å². The van der Waals surface area contributed by atoms with Gasteiger partial charge in [0.05, 0.1) is 13.2 Å². The minimum atomic E-state index is -0.755. The Bertz CT molecular complexity index is 1500. The molecule has 0 spiro atoms. The van der Waals surface area contributed by atoms with E-state index in [1.54, 1.807) is 48.2 Å². The molecule has 0 bridgehead atoms. The van der Waals surface area contributed by atoms with Gasteiger partial charge in [-0.25, -0.2) is 17.6 Å². The highest BCUT2D eigenvalue weighted by molar-refractivity contribution is 6.03. The van der Waals surface area contributed by atoms with Gasteiger partial charge >= 0.3 is 5.97 Å². The van der Waals surface area contributed by atoms with Crippen LogP contribution in [0.1, 0.15) is 25.0 Å². The number of ether oxygens (including phenoxy) is 1. The third-order valence-corrected chi connectivity index (χ3v) is 6.42. The molecule has 40 heavy (non-hydrogen) atoms. The highest BCUT2D eigenvalue weighted by atomic mass is 19.1. The molecule has 0 N–H and O–H groups in total. The van der Waals surface area contributed by atoms with Gasteiger partial charge in [0.15, 0.2) is 0 Å². The van der Waals surface area contributed by atoms with Crippen LogP contribution < -0.4 is 9.80 Å². The summed E-state index contributed by atoms with van der Waals surface area (Å²) in [4.78, 5) is 27.8. The van der Waals surface area contributed by atoms with Gasteiger partial charge in [0, 0.05) is 46.4 Å². The lowest BCUT2D eigenvalue weighted by Crippen LogP contribution is -2.32. The second-order valence-corrected chi connectivity index (χ2v) is 9.27. The average molecular weight is 553 g/mol. The van der Waals surface area contributed by atoms with Crippen LogP contribution in [0.15, 0.2) is 72.8 Å². The molecule has 0 saturated heterocycles. The van der Waals surface area contributed by atoms with Crippen LogP contribution in [-0.4, -0.2) is 31.4 Å². The summed E-state index contributed by atoms with van der Waals surface area (Å²) in [6.45, 7) is 2.28. The monoisotopic (exact) mass is 552 g/mol. The molecule has 5 nitrogen and oxygen atoms in total. The highest BCUT2D eigenvalue weighted by Gasteiger charge is 2.23. The maximum absolute atomic E-state index is 14.6. The molecule has 0 radical (unpaired) electrons. The van der Waals surface area contributed by atoms with Crippen molar-refractivity contribution < 1.29 is 31.9 Å². The maximum Gasteiger partial charge on any atom is 0.325 e. The number of carbonyl (C=O) groups excluding carboxylic acids is 2. The van der Waals surface area contributed by atoms with E-state index in [1.165, 1.54) is 24.0 Å². The second kappa shape index (κ2) is 12.6. The molecular weight excluding hydrogens is 524 g/mol. The number of benzene rings is 4. The summed E-state index contributed by atoms with van der Waals surface area (Å²) in [7, 11) is 0. The van der Waals surface area contributed by atoms with Crippen LogP contribution in [0.2, 0.25) is 0 Å². The van der Waals surface area contributed by atoms with E-state index >= 15 is 0 Å². The van der Waals surface area contributed by atoms with E-state index < -0.39 is 29.2 Å². The second-order valence-electron chi connectivity index (χ2n) is 9.27. The number of fused-ring (bicyclic) bond motifs is 1. The van der Waals surface area contributed by atoms with Crippen molar-refractivity contribution in [2.24, 2.45) is 0 Å². The molecule has 4 aromatic rings. The number of hydrogen-bond acceptors (Lipinski definition) is 5. The van der Waals surface area contributed by atoms with Crippen molar-refractivity contribution in [3.63, 3.8) is 0 Å². The largest absolute Gasteiger partial charge is 0.465 e. The number of halogens is 4. The molecule has 0 unspecified atom stereocenters. The van der Waals surface area contributed by atoms with E-state index in [-0.39, 0.29) is 49.7 Å². The number of carbonyl (C=O) groups is 2. The van der Waals surface area contributed by atoms with Crippen molar-refractivity contribution in [3.8, 4) is 0 Å². The molecule has 4 aromatic carbocycles. The molecule has 9 heteroatoms. The topological polar surface area (TPSA) is 49.9 Å². The van der Waals surface area contributed by atoms with E-state index in [2.05, 4.69) is 0 Å². The van der Waals surface area contributed by atoms with Gasteiger partial charge in [-0.2, -0.15) is 0 Å². The summed E-state index contributed by atoms with van der Waals surface area (Å²) in [5.74, 6) is -3.78. The fraction of sp³-hybridized carbons (Fsp3) is 0.226. The molecular formula is C31H28F4N2O3. The van der Waals surface area contributed by atoms with Crippen molar-refractivity contribution in [2.45, 2.75) is 26.9 Å². The number of anilines is 2. The molecule has 0 aliphatic carbocycles. The minimum Gasteiger partial charge on any atom is -0.465 e. The standard InChI is InChI=1S/C31H28F4N2O3/c1-3-40-31(39)19-37(18-24-27(34)12-7-13-28(24)35)30-15-14-29(21-8-4-5-9-22(21)30)36(16-20(2)38)17-23-25(32)10-6-11-26(23)33/h4-15H,3,16-19H2,1-2H3. The van der Waals surface area contributed by atoms with Crippen LogP contribution >= 0.6 is 0 Å². The minimum absolute atomic E-state index is 0.121. The first-order chi connectivity index (χ1) is 19.2. The van der Waals surface area contributed by atoms with E-state index in [4.69, 9.17) is 4.74 Å². The number of rotatable bonds is 11. The van der Waals surface area contributed by atoms with Crippen LogP contribution in [0.5, 0.6) is 0 Å². The number of ketones is 1. The molecule has 208 valence electrons. The summed E-state index contributed by atoms with van der Waals surface area (Å²) in [6, 6.07) is 17.5. The molecule has 0 fully saturated rings. The Morgan fingerprint density at radius 3 is 1.48 bits per heavy atom. The third-order valence-electron chi connectivity index (χ3n) is 6.42. The van der Waals surface area contributed by atoms with Crippen molar-refractivity contribution in [1.82, 2.24) is 0 Å². The summed E-state index contributed by atoms with van der Waals surface area (Å²) in [5.41, 5.74) is 0.601. The lowest BCUT2D eigenvalue weighted by molar-refractivity contribution is -0.141. The molecule has 0 heterocycles. The van der Waals surface area contributed by atoms with E-state index in [0.717, 1.165) is 24.3 Å². The Hall–Kier alpha value is -4.40. The first kappa shape index (κ1) is 28.6. The zero-order valence-electron chi connectivity index (χ0n) is 22.1. The van der Waals surface area contributed by atoms with Gasteiger partial charge in [-0.3, -0.25) is 9.59 Å². The third kappa shape index (κ3) is 6.42. The van der Waals surface area contributed by atoms with Gasteiger partial charge in [0.25, 0.3) is 0 Å². The van der Waals surface area contributed by atoms with Crippen LogP contribution in [0.4, 0.5) is 28.9 Å². The quantitative estimate of drug-likeness (QED) is 0.156. The Morgan fingerprint density at radius 1 is 0.650 bits per heavy atom. The van der Waals surface area contributed by atoms with Gasteiger partial charge in [0.1, 0.15) is 35.6 Å². The van der Waals surface area contributed by atoms with Crippen LogP contribution in [0, 0.1) is 23.3 Å². The Balaban J connectivity index is 1.83. The summed E-state index contributed by atoms with van der Waals surface area (Å²) in [5, 5.41) is 1.21. The van der Waals surface area contributed by atoms with Crippen LogP contribution in [-0.2, 0) is 27.4 Å². The number of esters is 1. The van der Waals surface area contributed by atoms with Gasteiger partial charge in [-0.05, 0) is 50.2 Å². The lowest BCUT2D eigenvalue weighted by atomic mass is 10.0.